The molecule has 0 unspecified atom stereocenters. The van der Waals surface area contributed by atoms with Gasteiger partial charge in [-0.15, -0.1) is 0 Å². The van der Waals surface area contributed by atoms with Crippen LogP contribution < -0.4 is 0 Å². The molecule has 0 aliphatic carbocycles. The molecule has 0 saturated heterocycles. The molecule has 0 radical (unpaired) electrons. The number of nitrogens with zero attached hydrogens (tertiary/aromatic N) is 3. The highest BCUT2D eigenvalue weighted by Gasteiger charge is 2.15. The highest BCUT2D eigenvalue weighted by Crippen LogP contribution is 2.17. The minimum absolute atomic E-state index is 0.0382. The molecule has 25 heavy (non-hydrogen) atoms. The Hall–Kier alpha value is -3.22. The van der Waals surface area contributed by atoms with Crippen molar-refractivity contribution in [1.29, 1.82) is 0 Å². The number of allylic oxidation sites excluding steroid dienone is 1. The summed E-state index contributed by atoms with van der Waals surface area (Å²) < 4.78 is 15.6. The van der Waals surface area contributed by atoms with Gasteiger partial charge in [-0.1, -0.05) is 25.1 Å². The van der Waals surface area contributed by atoms with Crippen LogP contribution in [0.4, 0.5) is 4.39 Å². The number of aliphatic hydroxyl groups excluding tert-OH is 1. The van der Waals surface area contributed by atoms with E-state index in [-0.39, 0.29) is 23.9 Å². The first-order valence-corrected chi connectivity index (χ1v) is 7.82. The number of H-pyrrole nitrogens is 1. The van der Waals surface area contributed by atoms with Crippen molar-refractivity contribution in [3.05, 3.63) is 77.4 Å². The van der Waals surface area contributed by atoms with E-state index in [0.717, 1.165) is 18.1 Å². The molecule has 0 bridgehead atoms. The average molecular weight is 340 g/mol. The monoisotopic (exact) mass is 340 g/mol. The molecule has 2 N–H and O–H groups in total. The lowest BCUT2D eigenvalue weighted by atomic mass is 10.2. The van der Waals surface area contributed by atoms with Crippen molar-refractivity contribution in [2.45, 2.75) is 19.9 Å². The number of rotatable bonds is 6. The Bertz CT molecular complexity index is 913. The predicted molar refractivity (Wildman–Crippen MR) is 90.6 cm³/mol. The van der Waals surface area contributed by atoms with Crippen molar-refractivity contribution in [3.8, 4) is 0 Å². The topological polar surface area (TPSA) is 83.8 Å². The van der Waals surface area contributed by atoms with Crippen LogP contribution >= 0.6 is 0 Å². The summed E-state index contributed by atoms with van der Waals surface area (Å²) in [5.41, 5.74) is 1.80. The van der Waals surface area contributed by atoms with E-state index in [9.17, 15) is 14.3 Å². The van der Waals surface area contributed by atoms with E-state index in [2.05, 4.69) is 15.2 Å². The van der Waals surface area contributed by atoms with E-state index in [1.54, 1.807) is 28.8 Å². The summed E-state index contributed by atoms with van der Waals surface area (Å²) in [6.07, 6.45) is 4.92. The third-order valence-electron chi connectivity index (χ3n) is 3.82. The number of hydrogen-bond donors (Lipinski definition) is 2. The Balaban J connectivity index is 1.93. The Morgan fingerprint density at radius 3 is 2.88 bits per heavy atom. The molecule has 0 amide bonds. The fourth-order valence-corrected chi connectivity index (χ4v) is 2.51. The molecule has 0 saturated carbocycles. The zero-order chi connectivity index (χ0) is 17.8. The number of benzene rings is 1. The number of nitrogens with one attached hydrogen (secondary N) is 1. The average Bonchev–Trinajstić information content (AvgIpc) is 3.26. The highest BCUT2D eigenvalue weighted by molar-refractivity contribution is 6.06. The molecule has 0 aliphatic heterocycles. The van der Waals surface area contributed by atoms with Crippen LogP contribution in [0.3, 0.4) is 0 Å². The van der Waals surface area contributed by atoms with Crippen molar-refractivity contribution in [2.75, 3.05) is 0 Å². The summed E-state index contributed by atoms with van der Waals surface area (Å²) in [6.45, 7) is 2.20. The zero-order valence-corrected chi connectivity index (χ0v) is 13.6. The molecule has 3 aromatic rings. The van der Waals surface area contributed by atoms with Crippen LogP contribution in [0.25, 0.3) is 5.76 Å². The minimum Gasteiger partial charge on any atom is -0.504 e. The van der Waals surface area contributed by atoms with Gasteiger partial charge in [0.15, 0.2) is 5.76 Å². The van der Waals surface area contributed by atoms with Crippen molar-refractivity contribution >= 4 is 11.5 Å². The van der Waals surface area contributed by atoms with Gasteiger partial charge in [-0.2, -0.15) is 5.10 Å². The molecular formula is C18H17FN4O2. The lowest BCUT2D eigenvalue weighted by molar-refractivity contribution is 0.103. The van der Waals surface area contributed by atoms with Gasteiger partial charge < -0.3 is 9.67 Å². The van der Waals surface area contributed by atoms with Crippen LogP contribution in [-0.4, -0.2) is 30.6 Å². The molecule has 6 nitrogen and oxygen atoms in total. The lowest BCUT2D eigenvalue weighted by Gasteiger charge is -2.08. The molecule has 0 fully saturated rings. The number of aromatic amines is 1. The Morgan fingerprint density at radius 1 is 1.40 bits per heavy atom. The fraction of sp³-hybridized carbons (Fsp3) is 0.167. The number of hydrogen-bond acceptors (Lipinski definition) is 4. The van der Waals surface area contributed by atoms with Gasteiger partial charge in [0.25, 0.3) is 0 Å². The summed E-state index contributed by atoms with van der Waals surface area (Å²) in [5, 5.41) is 16.1. The number of ketones is 1. The molecule has 128 valence electrons. The number of aryl methyl sites for hydroxylation is 1. The van der Waals surface area contributed by atoms with E-state index in [4.69, 9.17) is 0 Å². The third-order valence-corrected chi connectivity index (χ3v) is 3.82. The minimum atomic E-state index is -0.404. The molecule has 2 heterocycles. The van der Waals surface area contributed by atoms with E-state index >= 15 is 0 Å². The van der Waals surface area contributed by atoms with Gasteiger partial charge in [-0.3, -0.25) is 9.89 Å². The van der Waals surface area contributed by atoms with Crippen LogP contribution in [0.2, 0.25) is 0 Å². The second-order valence-electron chi connectivity index (χ2n) is 5.52. The van der Waals surface area contributed by atoms with Crippen LogP contribution in [0.1, 0.15) is 34.4 Å². The molecule has 3 rings (SSSR count). The van der Waals surface area contributed by atoms with Crippen molar-refractivity contribution in [1.82, 2.24) is 19.7 Å². The van der Waals surface area contributed by atoms with Gasteiger partial charge >= 0.3 is 0 Å². The molecule has 2 aromatic heterocycles. The maximum absolute atomic E-state index is 13.9. The largest absolute Gasteiger partial charge is 0.504 e. The Labute approximate surface area is 143 Å². The second-order valence-corrected chi connectivity index (χ2v) is 5.52. The fourth-order valence-electron chi connectivity index (χ4n) is 2.51. The van der Waals surface area contributed by atoms with Crippen LogP contribution in [0.5, 0.6) is 0 Å². The van der Waals surface area contributed by atoms with Crippen molar-refractivity contribution in [2.24, 2.45) is 0 Å². The van der Waals surface area contributed by atoms with E-state index in [1.807, 2.05) is 13.1 Å². The quantitative estimate of drug-likeness (QED) is 0.410. The zero-order valence-electron chi connectivity index (χ0n) is 13.6. The van der Waals surface area contributed by atoms with Crippen molar-refractivity contribution in [3.63, 3.8) is 0 Å². The van der Waals surface area contributed by atoms with Gasteiger partial charge in [0.2, 0.25) is 11.6 Å². The third kappa shape index (κ3) is 3.65. The molecule has 0 aliphatic rings. The van der Waals surface area contributed by atoms with Crippen LogP contribution in [0.15, 0.2) is 48.9 Å². The maximum Gasteiger partial charge on any atom is 0.215 e. The van der Waals surface area contributed by atoms with Gasteiger partial charge in [0, 0.05) is 17.8 Å². The van der Waals surface area contributed by atoms with Gasteiger partial charge in [-0.05, 0) is 24.1 Å². The summed E-state index contributed by atoms with van der Waals surface area (Å²) >= 11 is 0. The first-order chi connectivity index (χ1) is 12.1. The van der Waals surface area contributed by atoms with Crippen molar-refractivity contribution < 1.29 is 14.3 Å². The van der Waals surface area contributed by atoms with Gasteiger partial charge in [0.05, 0.1) is 12.2 Å². The summed E-state index contributed by atoms with van der Waals surface area (Å²) in [5.74, 6) is -1.02. The molecule has 0 spiro atoms. The summed E-state index contributed by atoms with van der Waals surface area (Å²) in [7, 11) is 0. The number of aliphatic hydroxyl groups is 1. The van der Waals surface area contributed by atoms with Gasteiger partial charge in [-0.25, -0.2) is 9.37 Å². The number of aromatic nitrogens is 4. The van der Waals surface area contributed by atoms with Crippen LogP contribution in [-0.2, 0) is 13.0 Å². The summed E-state index contributed by atoms with van der Waals surface area (Å²) in [6, 6.07) is 8.17. The number of carbonyl (C=O) groups excluding carboxylic acids is 1. The standard InChI is InChI=1S/C18H17FN4O2/c1-2-12-7-15(16(24)8-17(25)18-20-11-21-22-18)23(9-12)10-13-5-3-4-6-14(13)19/h3-9,11,25H,2,10H2,1H3,(H,20,21,22). The predicted octanol–water partition coefficient (Wildman–Crippen LogP) is 3.14. The molecular weight excluding hydrogens is 323 g/mol. The second kappa shape index (κ2) is 7.12. The molecule has 1 aromatic carbocycles. The normalized spacial score (nSPS) is 11.7. The summed E-state index contributed by atoms with van der Waals surface area (Å²) in [4.78, 5) is 16.4. The molecule has 7 heteroatoms. The maximum atomic E-state index is 13.9. The van der Waals surface area contributed by atoms with Gasteiger partial charge in [0.1, 0.15) is 12.1 Å². The smallest absolute Gasteiger partial charge is 0.215 e. The highest BCUT2D eigenvalue weighted by atomic mass is 19.1. The lowest BCUT2D eigenvalue weighted by Crippen LogP contribution is -2.09. The van der Waals surface area contributed by atoms with E-state index < -0.39 is 5.78 Å². The number of halogens is 1. The number of carbonyl (C=O) groups is 1. The van der Waals surface area contributed by atoms with E-state index in [1.165, 1.54) is 12.4 Å². The van der Waals surface area contributed by atoms with E-state index in [0.29, 0.717) is 11.3 Å². The Morgan fingerprint density at radius 2 is 2.20 bits per heavy atom. The Kier molecular flexibility index (Phi) is 4.74. The molecule has 0 atom stereocenters. The SMILES string of the molecule is CCc1cc(C(=O)C=C(O)c2nc[nH]n2)n(Cc2ccccc2F)c1. The van der Waals surface area contributed by atoms with Crippen LogP contribution in [0, 0.1) is 5.82 Å². The first-order valence-electron chi connectivity index (χ1n) is 7.82. The first kappa shape index (κ1) is 16.6.